The molecule has 0 amide bonds. The number of nitrogens with zero attached hydrogens (tertiary/aromatic N) is 5. The number of rotatable bonds is 6. The van der Waals surface area contributed by atoms with E-state index in [2.05, 4.69) is 27.2 Å². The van der Waals surface area contributed by atoms with E-state index in [1.165, 1.54) is 30.3 Å². The number of benzene rings is 1. The molecule has 2 aromatic heterocycles. The van der Waals surface area contributed by atoms with Gasteiger partial charge in [-0.05, 0) is 55.0 Å². The molecule has 0 aliphatic carbocycles. The van der Waals surface area contributed by atoms with Crippen molar-refractivity contribution in [1.29, 1.82) is 0 Å². The van der Waals surface area contributed by atoms with Gasteiger partial charge in [0.2, 0.25) is 5.16 Å². The molecule has 0 bridgehead atoms. The maximum atomic E-state index is 12.9. The molecule has 0 N–H and O–H groups in total. The number of fused-ring (bicyclic) bond motifs is 1. The first-order chi connectivity index (χ1) is 15.7. The highest BCUT2D eigenvalue weighted by atomic mass is 32.2. The molecule has 1 saturated heterocycles. The maximum Gasteiger partial charge on any atom is 0.340 e. The van der Waals surface area contributed by atoms with Gasteiger partial charge in [-0.1, -0.05) is 30.0 Å². The minimum Gasteiger partial charge on any atom is -0.462 e. The van der Waals surface area contributed by atoms with Gasteiger partial charge in [-0.3, -0.25) is 0 Å². The van der Waals surface area contributed by atoms with Gasteiger partial charge in [-0.2, -0.15) is 9.78 Å². The summed E-state index contributed by atoms with van der Waals surface area (Å²) >= 11 is 3.10. The van der Waals surface area contributed by atoms with Crippen LogP contribution in [0.25, 0.3) is 16.8 Å². The summed E-state index contributed by atoms with van der Waals surface area (Å²) in [5.41, 5.74) is 3.28. The van der Waals surface area contributed by atoms with Crippen molar-refractivity contribution in [2.75, 3.05) is 30.3 Å². The van der Waals surface area contributed by atoms with Crippen molar-refractivity contribution in [2.45, 2.75) is 24.9 Å². The molecular formula is C23H23N5O2S2. The largest absolute Gasteiger partial charge is 0.462 e. The van der Waals surface area contributed by atoms with Crippen LogP contribution in [-0.4, -0.2) is 52.0 Å². The summed E-state index contributed by atoms with van der Waals surface area (Å²) in [6.45, 7) is 4.32. The molecule has 7 nitrogen and oxygen atoms in total. The second-order valence-corrected chi connectivity index (χ2v) is 9.39. The van der Waals surface area contributed by atoms with Crippen molar-refractivity contribution in [3.63, 3.8) is 0 Å². The normalized spacial score (nSPS) is 16.1. The minimum atomic E-state index is -0.371. The van der Waals surface area contributed by atoms with Crippen molar-refractivity contribution in [3.8, 4) is 10.7 Å². The van der Waals surface area contributed by atoms with E-state index in [0.29, 0.717) is 29.5 Å². The quantitative estimate of drug-likeness (QED) is 0.392. The number of thiophene rings is 1. The molecule has 5 rings (SSSR count). The Balaban J connectivity index is 1.49. The highest BCUT2D eigenvalue weighted by Crippen LogP contribution is 2.31. The monoisotopic (exact) mass is 465 g/mol. The summed E-state index contributed by atoms with van der Waals surface area (Å²) in [5, 5.41) is 16.0. The van der Waals surface area contributed by atoms with E-state index in [9.17, 15) is 4.79 Å². The Morgan fingerprint density at radius 3 is 2.69 bits per heavy atom. The number of anilines is 1. The van der Waals surface area contributed by atoms with Gasteiger partial charge >= 0.3 is 5.97 Å². The molecule has 4 heterocycles. The van der Waals surface area contributed by atoms with Gasteiger partial charge in [-0.15, -0.1) is 21.5 Å². The van der Waals surface area contributed by atoms with Crippen LogP contribution in [0.15, 0.2) is 57.6 Å². The zero-order chi connectivity index (χ0) is 21.9. The fraction of sp³-hybridized carbons (Fsp3) is 0.304. The maximum absolute atomic E-state index is 12.9. The molecule has 0 radical (unpaired) electrons. The van der Waals surface area contributed by atoms with Gasteiger partial charge < -0.3 is 9.64 Å². The zero-order valence-electron chi connectivity index (χ0n) is 17.7. The molecule has 0 spiro atoms. The highest BCUT2D eigenvalue weighted by Gasteiger charge is 2.26. The van der Waals surface area contributed by atoms with Crippen LogP contribution in [0.1, 0.15) is 25.3 Å². The van der Waals surface area contributed by atoms with E-state index in [-0.39, 0.29) is 5.97 Å². The van der Waals surface area contributed by atoms with Crippen molar-refractivity contribution in [1.82, 2.24) is 14.9 Å². The summed E-state index contributed by atoms with van der Waals surface area (Å²) in [6, 6.07) is 12.3. The summed E-state index contributed by atoms with van der Waals surface area (Å²) in [5.74, 6) is 0.835. The average Bonchev–Trinajstić information content (AvgIpc) is 3.59. The van der Waals surface area contributed by atoms with E-state index in [0.717, 1.165) is 28.7 Å². The molecule has 1 fully saturated rings. The molecule has 3 aromatic rings. The van der Waals surface area contributed by atoms with E-state index in [1.807, 2.05) is 42.6 Å². The smallest absolute Gasteiger partial charge is 0.340 e. The lowest BCUT2D eigenvalue weighted by Crippen LogP contribution is -2.21. The summed E-state index contributed by atoms with van der Waals surface area (Å²) in [7, 11) is 0. The van der Waals surface area contributed by atoms with Crippen molar-refractivity contribution in [2.24, 2.45) is 5.10 Å². The molecule has 0 unspecified atom stereocenters. The van der Waals surface area contributed by atoms with Gasteiger partial charge in [0, 0.05) is 24.5 Å². The van der Waals surface area contributed by atoms with Crippen LogP contribution in [0.5, 0.6) is 0 Å². The van der Waals surface area contributed by atoms with Crippen LogP contribution in [0.3, 0.4) is 0 Å². The van der Waals surface area contributed by atoms with E-state index >= 15 is 0 Å². The van der Waals surface area contributed by atoms with Crippen molar-refractivity contribution < 1.29 is 9.53 Å². The van der Waals surface area contributed by atoms with Crippen LogP contribution >= 0.6 is 23.1 Å². The fourth-order valence-electron chi connectivity index (χ4n) is 3.81. The Morgan fingerprint density at radius 2 is 1.97 bits per heavy atom. The number of hydrogen-bond donors (Lipinski definition) is 0. The second-order valence-electron chi connectivity index (χ2n) is 7.49. The van der Waals surface area contributed by atoms with Crippen LogP contribution in [0.4, 0.5) is 5.69 Å². The van der Waals surface area contributed by atoms with E-state index in [1.54, 1.807) is 16.0 Å². The first-order valence-electron chi connectivity index (χ1n) is 10.7. The summed E-state index contributed by atoms with van der Waals surface area (Å²) < 4.78 is 7.08. The average molecular weight is 466 g/mol. The predicted octanol–water partition coefficient (Wildman–Crippen LogP) is 4.56. The molecule has 2 aliphatic rings. The molecule has 32 heavy (non-hydrogen) atoms. The Hall–Kier alpha value is -2.91. The fourth-order valence-corrected chi connectivity index (χ4v) is 5.33. The van der Waals surface area contributed by atoms with Crippen molar-refractivity contribution >= 4 is 46.5 Å². The Kier molecular flexibility index (Phi) is 6.09. The number of ether oxygens (including phenoxy) is 1. The molecule has 0 atom stereocenters. The van der Waals surface area contributed by atoms with Crippen molar-refractivity contribution in [3.05, 3.63) is 52.9 Å². The number of aromatic nitrogens is 3. The zero-order valence-corrected chi connectivity index (χ0v) is 19.4. The lowest BCUT2D eigenvalue weighted by Gasteiger charge is -2.18. The Morgan fingerprint density at radius 1 is 1.16 bits per heavy atom. The molecule has 0 saturated carbocycles. The first-order valence-corrected chi connectivity index (χ1v) is 12.5. The topological polar surface area (TPSA) is 72.6 Å². The number of carbonyl (C=O) groups excluding carboxylic acids is 1. The van der Waals surface area contributed by atoms with E-state index < -0.39 is 0 Å². The van der Waals surface area contributed by atoms with Gasteiger partial charge in [0.25, 0.3) is 0 Å². The third-order valence-electron chi connectivity index (χ3n) is 5.39. The number of carbonyl (C=O) groups is 1. The molecule has 2 aliphatic heterocycles. The van der Waals surface area contributed by atoms with Crippen LogP contribution in [-0.2, 0) is 9.53 Å². The standard InChI is InChI=1S/C23H23N5O2S2/c1-2-30-22(29)18(14-16-7-9-17(10-8-16)27-11-3-4-12-27)19-15-32-23-25-24-21(28(23)26-19)20-6-5-13-31-20/h5-10,13-14H,2-4,11-12,15H2,1H3/b18-14-. The molecule has 164 valence electrons. The van der Waals surface area contributed by atoms with Gasteiger partial charge in [0.15, 0.2) is 5.82 Å². The van der Waals surface area contributed by atoms with Crippen LogP contribution < -0.4 is 4.90 Å². The first kappa shape index (κ1) is 21.0. The SMILES string of the molecule is CCOC(=O)/C(=C\c1ccc(N2CCCC2)cc1)C1=Nn2c(nnc2-c2cccs2)SC1. The number of thioether (sulfide) groups is 1. The Bertz CT molecular complexity index is 1160. The van der Waals surface area contributed by atoms with Gasteiger partial charge in [0.05, 0.1) is 22.8 Å². The van der Waals surface area contributed by atoms with E-state index in [4.69, 9.17) is 9.84 Å². The molecule has 1 aromatic carbocycles. The van der Waals surface area contributed by atoms with Crippen LogP contribution in [0, 0.1) is 0 Å². The third-order valence-corrected chi connectivity index (χ3v) is 7.19. The highest BCUT2D eigenvalue weighted by molar-refractivity contribution is 7.99. The molecule has 9 heteroatoms. The number of hydrogen-bond acceptors (Lipinski definition) is 8. The van der Waals surface area contributed by atoms with Gasteiger partial charge in [-0.25, -0.2) is 4.79 Å². The summed E-state index contributed by atoms with van der Waals surface area (Å²) in [6.07, 6.45) is 4.35. The Labute approximate surface area is 194 Å². The summed E-state index contributed by atoms with van der Waals surface area (Å²) in [4.78, 5) is 16.2. The second kappa shape index (κ2) is 9.30. The van der Waals surface area contributed by atoms with Crippen LogP contribution in [0.2, 0.25) is 0 Å². The predicted molar refractivity (Wildman–Crippen MR) is 129 cm³/mol. The lowest BCUT2D eigenvalue weighted by molar-refractivity contribution is -0.137. The number of esters is 1. The third kappa shape index (κ3) is 4.22. The van der Waals surface area contributed by atoms with Gasteiger partial charge in [0.1, 0.15) is 0 Å². The molecular weight excluding hydrogens is 442 g/mol. The lowest BCUT2D eigenvalue weighted by atomic mass is 10.1. The minimum absolute atomic E-state index is 0.308.